The van der Waals surface area contributed by atoms with Crippen molar-refractivity contribution in [3.05, 3.63) is 102 Å². The van der Waals surface area contributed by atoms with E-state index in [1.165, 1.54) is 23.5 Å². The summed E-state index contributed by atoms with van der Waals surface area (Å²) in [5.41, 5.74) is 2.72. The summed E-state index contributed by atoms with van der Waals surface area (Å²) in [5.74, 6) is 0.0171. The highest BCUT2D eigenvalue weighted by Gasteiger charge is 2.32. The molecule has 3 aromatic carbocycles. The Morgan fingerprint density at radius 2 is 1.45 bits per heavy atom. The van der Waals surface area contributed by atoms with Gasteiger partial charge in [0, 0.05) is 25.0 Å². The minimum atomic E-state index is -3.85. The number of carbonyl (C=O) groups excluding carboxylic acids is 2. The topological polar surface area (TPSA) is 145 Å². The molecule has 2 unspecified atom stereocenters. The van der Waals surface area contributed by atoms with E-state index in [1.54, 1.807) is 19.2 Å². The molecule has 10 nitrogen and oxygen atoms in total. The Kier molecular flexibility index (Phi) is 17.9. The fraction of sp³-hybridized carbons (Fsp3) is 0.444. The molecule has 0 saturated carbocycles. The lowest BCUT2D eigenvalue weighted by Gasteiger charge is -2.30. The summed E-state index contributed by atoms with van der Waals surface area (Å²) in [7, 11) is -0.750. The summed E-state index contributed by atoms with van der Waals surface area (Å²) in [4.78, 5) is 22.5. The monoisotopic (exact) mass is 669 g/mol. The Morgan fingerprint density at radius 3 is 1.89 bits per heavy atom. The van der Waals surface area contributed by atoms with Gasteiger partial charge in [-0.3, -0.25) is 9.59 Å². The Bertz CT molecular complexity index is 1370. The second kappa shape index (κ2) is 21.3. The van der Waals surface area contributed by atoms with Crippen molar-refractivity contribution < 1.29 is 33.0 Å². The summed E-state index contributed by atoms with van der Waals surface area (Å²) in [6.45, 7) is 4.73. The molecule has 0 aliphatic rings. The highest BCUT2D eigenvalue weighted by atomic mass is 32.2. The fourth-order valence-corrected chi connectivity index (χ4v) is 6.95. The van der Waals surface area contributed by atoms with Crippen LogP contribution < -0.4 is 10.6 Å². The van der Waals surface area contributed by atoms with Crippen molar-refractivity contribution in [2.45, 2.75) is 69.0 Å². The molecule has 0 spiro atoms. The van der Waals surface area contributed by atoms with Crippen LogP contribution in [0.2, 0.25) is 0 Å². The zero-order chi connectivity index (χ0) is 34.7. The molecule has 258 valence electrons. The number of aliphatic hydroxyl groups excluding tert-OH is 2. The largest absolute Gasteiger partial charge is 0.471 e. The van der Waals surface area contributed by atoms with Crippen LogP contribution >= 0.6 is 0 Å². The van der Waals surface area contributed by atoms with E-state index in [0.717, 1.165) is 11.1 Å². The first-order valence-electron chi connectivity index (χ1n) is 16.0. The van der Waals surface area contributed by atoms with Gasteiger partial charge in [-0.05, 0) is 61.1 Å². The molecule has 0 aliphatic heterocycles. The summed E-state index contributed by atoms with van der Waals surface area (Å²) >= 11 is 0. The van der Waals surface area contributed by atoms with Crippen molar-refractivity contribution in [2.24, 2.45) is 5.92 Å². The lowest BCUT2D eigenvalue weighted by atomic mass is 9.84. The minimum absolute atomic E-state index is 0.105. The Morgan fingerprint density at radius 1 is 0.894 bits per heavy atom. The fourth-order valence-electron chi connectivity index (χ4n) is 5.29. The van der Waals surface area contributed by atoms with Gasteiger partial charge in [0.25, 0.3) is 6.47 Å². The summed E-state index contributed by atoms with van der Waals surface area (Å²) in [5, 5.41) is 25.9. The van der Waals surface area contributed by atoms with E-state index in [0.29, 0.717) is 56.7 Å². The Labute approximate surface area is 280 Å². The first-order chi connectivity index (χ1) is 22.6. The lowest BCUT2D eigenvalue weighted by molar-refractivity contribution is -0.126. The van der Waals surface area contributed by atoms with E-state index in [2.05, 4.69) is 15.4 Å². The molecule has 47 heavy (non-hydrogen) atoms. The maximum Gasteiger partial charge on any atom is 0.292 e. The van der Waals surface area contributed by atoms with E-state index in [4.69, 9.17) is 4.79 Å². The van der Waals surface area contributed by atoms with E-state index in [-0.39, 0.29) is 29.9 Å². The normalized spacial score (nSPS) is 12.7. The van der Waals surface area contributed by atoms with Crippen LogP contribution in [0.4, 0.5) is 0 Å². The minimum Gasteiger partial charge on any atom is -0.471 e. The molecule has 11 heteroatoms. The molecule has 0 aromatic heterocycles. The van der Waals surface area contributed by atoms with Crippen LogP contribution in [-0.4, -0.2) is 81.3 Å². The molecule has 3 aromatic rings. The van der Waals surface area contributed by atoms with E-state index < -0.39 is 22.1 Å². The summed E-state index contributed by atoms with van der Waals surface area (Å²) in [6.07, 6.45) is 2.40. The number of ether oxygens (including phenoxy) is 1. The molecular formula is C36H51N3O7S. The Hall–Kier alpha value is -3.61. The van der Waals surface area contributed by atoms with Gasteiger partial charge in [-0.25, -0.2) is 8.42 Å². The molecular weight excluding hydrogens is 618 g/mol. The van der Waals surface area contributed by atoms with Gasteiger partial charge in [0.2, 0.25) is 15.9 Å². The number of methoxy groups -OCH3 is 1. The number of nitrogens with one attached hydrogen (secondary N) is 2. The SMILES string of the molecule is CNC(C(=O)NCCCCC(CO)N(CCC(C)C)S(=O)(=O)c1ccc(CO)cc1)C(c1ccccc1)c1ccccc1.COC=O. The standard InChI is InChI=1S/C34H47N3O5S.C2H4O2/c1-26(2)21-23-37(43(41,42)31-19-17-27(24-38)18-20-31)30(25-39)16-10-11-22-36-34(40)33(35-3)32(28-12-6-4-7-13-28)29-14-8-5-9-15-29;1-4-2-3/h4-9,12-15,17-20,26,30,32-33,35,38-39H,10-11,16,21-25H2,1-3H3,(H,36,40);2H,1H3. The molecule has 2 atom stereocenters. The van der Waals surface area contributed by atoms with Gasteiger partial charge < -0.3 is 25.6 Å². The van der Waals surface area contributed by atoms with Gasteiger partial charge in [-0.1, -0.05) is 93.1 Å². The van der Waals surface area contributed by atoms with Crippen molar-refractivity contribution in [3.63, 3.8) is 0 Å². The highest BCUT2D eigenvalue weighted by molar-refractivity contribution is 7.89. The zero-order valence-corrected chi connectivity index (χ0v) is 28.7. The van der Waals surface area contributed by atoms with E-state index in [9.17, 15) is 23.4 Å². The molecule has 3 rings (SSSR count). The number of hydrogen-bond acceptors (Lipinski definition) is 8. The third-order valence-electron chi connectivity index (χ3n) is 7.86. The van der Waals surface area contributed by atoms with Gasteiger partial charge >= 0.3 is 0 Å². The maximum absolute atomic E-state index is 13.6. The third kappa shape index (κ3) is 12.5. The number of aliphatic hydroxyl groups is 2. The number of rotatable bonds is 19. The van der Waals surface area contributed by atoms with Crippen LogP contribution in [0.1, 0.15) is 62.1 Å². The predicted octanol–water partition coefficient (Wildman–Crippen LogP) is 4.07. The number of unbranched alkanes of at least 4 members (excludes halogenated alkanes) is 1. The molecule has 4 N–H and O–H groups in total. The van der Waals surface area contributed by atoms with Gasteiger partial charge in [-0.15, -0.1) is 0 Å². The molecule has 0 fully saturated rings. The molecule has 0 radical (unpaired) electrons. The molecule has 0 heterocycles. The first kappa shape index (κ1) is 39.6. The second-order valence-electron chi connectivity index (χ2n) is 11.6. The summed E-state index contributed by atoms with van der Waals surface area (Å²) < 4.78 is 32.5. The number of benzene rings is 3. The number of hydrogen-bond donors (Lipinski definition) is 4. The second-order valence-corrected chi connectivity index (χ2v) is 13.5. The van der Waals surface area contributed by atoms with Crippen LogP contribution in [0.5, 0.6) is 0 Å². The number of likely N-dealkylation sites (N-methyl/N-ethyl adjacent to an activating group) is 1. The van der Waals surface area contributed by atoms with Gasteiger partial charge in [0.1, 0.15) is 0 Å². The van der Waals surface area contributed by atoms with Crippen LogP contribution in [0, 0.1) is 5.92 Å². The Balaban J connectivity index is 0.00000181. The third-order valence-corrected chi connectivity index (χ3v) is 9.83. The van der Waals surface area contributed by atoms with Gasteiger partial charge in [0.15, 0.2) is 0 Å². The van der Waals surface area contributed by atoms with E-state index in [1.807, 2.05) is 74.5 Å². The first-order valence-corrected chi connectivity index (χ1v) is 17.4. The molecule has 0 saturated heterocycles. The van der Waals surface area contributed by atoms with Crippen molar-refractivity contribution >= 4 is 22.4 Å². The van der Waals surface area contributed by atoms with Crippen molar-refractivity contribution in [3.8, 4) is 0 Å². The molecule has 1 amide bonds. The van der Waals surface area contributed by atoms with Crippen molar-refractivity contribution in [2.75, 3.05) is 33.9 Å². The predicted molar refractivity (Wildman–Crippen MR) is 184 cm³/mol. The number of nitrogens with zero attached hydrogens (tertiary/aromatic N) is 1. The van der Waals surface area contributed by atoms with Crippen LogP contribution in [-0.2, 0) is 31.0 Å². The average Bonchev–Trinajstić information content (AvgIpc) is 3.10. The summed E-state index contributed by atoms with van der Waals surface area (Å²) in [6, 6.07) is 25.1. The smallest absolute Gasteiger partial charge is 0.292 e. The van der Waals surface area contributed by atoms with Crippen LogP contribution in [0.25, 0.3) is 0 Å². The number of sulfonamides is 1. The number of amides is 1. The zero-order valence-electron chi connectivity index (χ0n) is 27.9. The van der Waals surface area contributed by atoms with Crippen LogP contribution in [0.3, 0.4) is 0 Å². The molecule has 0 bridgehead atoms. The lowest BCUT2D eigenvalue weighted by Crippen LogP contribution is -2.47. The average molecular weight is 670 g/mol. The quantitative estimate of drug-likeness (QED) is 0.110. The van der Waals surface area contributed by atoms with Gasteiger partial charge in [0.05, 0.1) is 31.3 Å². The van der Waals surface area contributed by atoms with Crippen molar-refractivity contribution in [1.29, 1.82) is 0 Å². The maximum atomic E-state index is 13.6. The van der Waals surface area contributed by atoms with Crippen LogP contribution in [0.15, 0.2) is 89.8 Å². The molecule has 0 aliphatic carbocycles. The number of carbonyl (C=O) groups is 2. The van der Waals surface area contributed by atoms with Crippen molar-refractivity contribution in [1.82, 2.24) is 14.9 Å². The van der Waals surface area contributed by atoms with Gasteiger partial charge in [-0.2, -0.15) is 4.31 Å². The highest BCUT2D eigenvalue weighted by Crippen LogP contribution is 2.28. The van der Waals surface area contributed by atoms with E-state index >= 15 is 0 Å².